The third-order valence-electron chi connectivity index (χ3n) is 4.79. The highest BCUT2D eigenvalue weighted by Crippen LogP contribution is 2.30. The molecule has 0 radical (unpaired) electrons. The molecule has 7 nitrogen and oxygen atoms in total. The van der Waals surface area contributed by atoms with E-state index in [0.717, 1.165) is 24.6 Å². The van der Waals surface area contributed by atoms with Gasteiger partial charge in [0.15, 0.2) is 0 Å². The van der Waals surface area contributed by atoms with Gasteiger partial charge in [0.25, 0.3) is 0 Å². The lowest BCUT2D eigenvalue weighted by atomic mass is 9.81. The van der Waals surface area contributed by atoms with E-state index in [-0.39, 0.29) is 17.7 Å². The number of rotatable bonds is 4. The number of aromatic nitrogens is 1. The van der Waals surface area contributed by atoms with Gasteiger partial charge < -0.3 is 15.7 Å². The number of para-hydroxylation sites is 1. The lowest BCUT2D eigenvalue weighted by Crippen LogP contribution is -2.34. The van der Waals surface area contributed by atoms with Gasteiger partial charge in [0.05, 0.1) is 11.2 Å². The van der Waals surface area contributed by atoms with Crippen molar-refractivity contribution >= 4 is 28.6 Å². The Balaban J connectivity index is 1.72. The Kier molecular flexibility index (Phi) is 5.32. The normalized spacial score (nSPS) is 19.5. The molecular weight excluding hydrogens is 332 g/mol. The topological polar surface area (TPSA) is 115 Å². The van der Waals surface area contributed by atoms with Gasteiger partial charge in [-0.15, -0.1) is 0 Å². The summed E-state index contributed by atoms with van der Waals surface area (Å²) < 4.78 is 0. The van der Waals surface area contributed by atoms with E-state index in [1.165, 1.54) is 0 Å². The van der Waals surface area contributed by atoms with Crippen LogP contribution in [0, 0.1) is 23.2 Å². The number of hydrogen-bond donors (Lipinski definition) is 3. The third kappa shape index (κ3) is 4.09. The monoisotopic (exact) mass is 352 g/mol. The molecule has 3 rings (SSSR count). The van der Waals surface area contributed by atoms with Crippen LogP contribution in [0.4, 0.5) is 10.5 Å². The smallest absolute Gasteiger partial charge is 0.404 e. The third-order valence-corrected chi connectivity index (χ3v) is 4.79. The molecule has 2 aromatic rings. The summed E-state index contributed by atoms with van der Waals surface area (Å²) in [7, 11) is 0. The Bertz CT molecular complexity index is 875. The van der Waals surface area contributed by atoms with Crippen LogP contribution in [0.25, 0.3) is 10.9 Å². The van der Waals surface area contributed by atoms with Crippen molar-refractivity contribution in [2.75, 3.05) is 11.9 Å². The molecule has 0 spiro atoms. The van der Waals surface area contributed by atoms with Gasteiger partial charge in [0.1, 0.15) is 11.8 Å². The van der Waals surface area contributed by atoms with Crippen molar-refractivity contribution in [2.24, 2.45) is 11.8 Å². The van der Waals surface area contributed by atoms with Gasteiger partial charge in [0, 0.05) is 17.8 Å². The molecule has 26 heavy (non-hydrogen) atoms. The quantitative estimate of drug-likeness (QED) is 0.782. The van der Waals surface area contributed by atoms with E-state index in [0.29, 0.717) is 29.9 Å². The summed E-state index contributed by atoms with van der Waals surface area (Å²) in [4.78, 5) is 27.7. The van der Waals surface area contributed by atoms with Gasteiger partial charge in [-0.2, -0.15) is 5.26 Å². The molecule has 2 unspecified atom stereocenters. The van der Waals surface area contributed by atoms with E-state index in [2.05, 4.69) is 15.6 Å². The molecule has 0 aliphatic heterocycles. The van der Waals surface area contributed by atoms with Crippen LogP contribution in [0.5, 0.6) is 0 Å². The van der Waals surface area contributed by atoms with Crippen LogP contribution in [0.1, 0.15) is 31.4 Å². The van der Waals surface area contributed by atoms with E-state index >= 15 is 0 Å². The van der Waals surface area contributed by atoms with Crippen molar-refractivity contribution in [1.82, 2.24) is 10.3 Å². The van der Waals surface area contributed by atoms with E-state index in [4.69, 9.17) is 10.4 Å². The first-order chi connectivity index (χ1) is 12.6. The molecule has 1 saturated carbocycles. The predicted molar refractivity (Wildman–Crippen MR) is 96.6 cm³/mol. The molecule has 1 aromatic carbocycles. The van der Waals surface area contributed by atoms with Gasteiger partial charge in [0.2, 0.25) is 5.91 Å². The summed E-state index contributed by atoms with van der Waals surface area (Å²) in [5.74, 6) is -0.0631. The lowest BCUT2D eigenvalue weighted by Gasteiger charge is -2.28. The highest BCUT2D eigenvalue weighted by atomic mass is 16.4. The summed E-state index contributed by atoms with van der Waals surface area (Å²) in [6.45, 7) is 0.375. The fourth-order valence-corrected chi connectivity index (χ4v) is 3.49. The van der Waals surface area contributed by atoms with Crippen LogP contribution in [0.3, 0.4) is 0 Å². The first kappa shape index (κ1) is 17.7. The average Bonchev–Trinajstić information content (AvgIpc) is 2.66. The number of nitrogens with zero attached hydrogens (tertiary/aromatic N) is 2. The molecule has 0 bridgehead atoms. The molecule has 7 heteroatoms. The molecule has 2 atom stereocenters. The Morgan fingerprint density at radius 2 is 2.12 bits per heavy atom. The summed E-state index contributed by atoms with van der Waals surface area (Å²) in [6.07, 6.45) is 2.24. The van der Waals surface area contributed by atoms with Crippen LogP contribution in [-0.2, 0) is 4.79 Å². The number of hydrogen-bond acceptors (Lipinski definition) is 4. The van der Waals surface area contributed by atoms with Gasteiger partial charge in [-0.1, -0.05) is 18.6 Å². The van der Waals surface area contributed by atoms with E-state index in [9.17, 15) is 9.59 Å². The number of benzene rings is 1. The molecule has 1 aliphatic carbocycles. The molecule has 3 N–H and O–H groups in total. The fraction of sp³-hybridized carbons (Fsp3) is 0.368. The van der Waals surface area contributed by atoms with Crippen molar-refractivity contribution < 1.29 is 14.7 Å². The molecule has 1 heterocycles. The molecular formula is C19H20N4O3. The van der Waals surface area contributed by atoms with Gasteiger partial charge in [-0.25, -0.2) is 9.78 Å². The number of anilines is 1. The van der Waals surface area contributed by atoms with Crippen LogP contribution in [0.15, 0.2) is 30.3 Å². The number of fused-ring (bicyclic) bond motifs is 1. The SMILES string of the molecule is N#Cc1ccc2cccc(NC(=O)C3CCCC(CNC(=O)O)C3)c2n1. The Morgan fingerprint density at radius 1 is 1.27 bits per heavy atom. The van der Waals surface area contributed by atoms with Crippen LogP contribution < -0.4 is 10.6 Å². The molecule has 134 valence electrons. The summed E-state index contributed by atoms with van der Waals surface area (Å²) in [6, 6.07) is 11.0. The number of carbonyl (C=O) groups excluding carboxylic acids is 1. The maximum Gasteiger partial charge on any atom is 0.404 e. The maximum atomic E-state index is 12.7. The largest absolute Gasteiger partial charge is 0.465 e. The first-order valence-electron chi connectivity index (χ1n) is 8.64. The van der Waals surface area contributed by atoms with Gasteiger partial charge >= 0.3 is 6.09 Å². The summed E-state index contributed by atoms with van der Waals surface area (Å²) in [5.41, 5.74) is 1.49. The minimum Gasteiger partial charge on any atom is -0.465 e. The van der Waals surface area contributed by atoms with Crippen molar-refractivity contribution in [3.05, 3.63) is 36.0 Å². The average molecular weight is 352 g/mol. The zero-order chi connectivity index (χ0) is 18.5. The van der Waals surface area contributed by atoms with Crippen LogP contribution >= 0.6 is 0 Å². The van der Waals surface area contributed by atoms with Crippen molar-refractivity contribution in [3.8, 4) is 6.07 Å². The molecule has 1 aliphatic rings. The van der Waals surface area contributed by atoms with Crippen molar-refractivity contribution in [3.63, 3.8) is 0 Å². The Morgan fingerprint density at radius 3 is 2.88 bits per heavy atom. The molecule has 1 fully saturated rings. The first-order valence-corrected chi connectivity index (χ1v) is 8.64. The van der Waals surface area contributed by atoms with E-state index < -0.39 is 6.09 Å². The molecule has 0 saturated heterocycles. The van der Waals surface area contributed by atoms with Crippen LogP contribution in [0.2, 0.25) is 0 Å². The number of amides is 2. The second-order valence-corrected chi connectivity index (χ2v) is 6.59. The highest BCUT2D eigenvalue weighted by Gasteiger charge is 2.27. The summed E-state index contributed by atoms with van der Waals surface area (Å²) >= 11 is 0. The van der Waals surface area contributed by atoms with Crippen LogP contribution in [-0.4, -0.2) is 28.6 Å². The Hall–Kier alpha value is -3.14. The predicted octanol–water partition coefficient (Wildman–Crippen LogP) is 3.12. The number of nitriles is 1. The highest BCUT2D eigenvalue weighted by molar-refractivity contribution is 6.01. The number of carbonyl (C=O) groups is 2. The second kappa shape index (κ2) is 7.83. The summed E-state index contributed by atoms with van der Waals surface area (Å²) in [5, 5.41) is 24.0. The molecule has 2 amide bonds. The maximum absolute atomic E-state index is 12.7. The van der Waals surface area contributed by atoms with E-state index in [1.54, 1.807) is 12.1 Å². The molecule has 1 aromatic heterocycles. The lowest BCUT2D eigenvalue weighted by molar-refractivity contribution is -0.121. The standard InChI is InChI=1S/C19H20N4O3/c20-10-15-8-7-13-4-2-6-16(17(13)22-15)23-18(24)14-5-1-3-12(9-14)11-21-19(25)26/h2,4,6-8,12,14,21H,1,3,5,9,11H2,(H,23,24)(H,25,26). The van der Waals surface area contributed by atoms with E-state index in [1.807, 2.05) is 24.3 Å². The fourth-order valence-electron chi connectivity index (χ4n) is 3.49. The number of pyridine rings is 1. The second-order valence-electron chi connectivity index (χ2n) is 6.59. The van der Waals surface area contributed by atoms with Crippen molar-refractivity contribution in [2.45, 2.75) is 25.7 Å². The van der Waals surface area contributed by atoms with Crippen molar-refractivity contribution in [1.29, 1.82) is 5.26 Å². The number of carboxylic acid groups (broad SMARTS) is 1. The Labute approximate surface area is 151 Å². The number of nitrogens with one attached hydrogen (secondary N) is 2. The van der Waals surface area contributed by atoms with Gasteiger partial charge in [-0.05, 0) is 43.4 Å². The van der Waals surface area contributed by atoms with Gasteiger partial charge in [-0.3, -0.25) is 4.79 Å². The zero-order valence-electron chi connectivity index (χ0n) is 14.2. The minimum atomic E-state index is -1.04. The zero-order valence-corrected chi connectivity index (χ0v) is 14.2. The minimum absolute atomic E-state index is 0.0818.